The molecule has 2 aliphatic carbocycles. The largest absolute Gasteiger partial charge is 0.481 e. The van der Waals surface area contributed by atoms with E-state index in [1.54, 1.807) is 0 Å². The van der Waals surface area contributed by atoms with Crippen LogP contribution in [0.15, 0.2) is 30.3 Å². The second kappa shape index (κ2) is 7.82. The summed E-state index contributed by atoms with van der Waals surface area (Å²) in [6, 6.07) is 10.0. The lowest BCUT2D eigenvalue weighted by atomic mass is 9.78. The van der Waals surface area contributed by atoms with Gasteiger partial charge in [-0.15, -0.1) is 0 Å². The Morgan fingerprint density at radius 2 is 1.62 bits per heavy atom. The third-order valence-electron chi connectivity index (χ3n) is 5.63. The van der Waals surface area contributed by atoms with Crippen LogP contribution in [0, 0.1) is 17.8 Å². The second-order valence-corrected chi connectivity index (χ2v) is 7.34. The molecule has 24 heavy (non-hydrogen) atoms. The number of hydrogen-bond donors (Lipinski definition) is 1. The predicted octanol–water partition coefficient (Wildman–Crippen LogP) is 3.71. The summed E-state index contributed by atoms with van der Waals surface area (Å²) in [7, 11) is 0. The van der Waals surface area contributed by atoms with Crippen molar-refractivity contribution >= 4 is 11.9 Å². The maximum atomic E-state index is 13.2. The van der Waals surface area contributed by atoms with E-state index < -0.39 is 11.9 Å². The van der Waals surface area contributed by atoms with Gasteiger partial charge in [0.15, 0.2) is 0 Å². The highest BCUT2D eigenvalue weighted by Gasteiger charge is 2.38. The molecule has 2 fully saturated rings. The molecule has 1 aromatic carbocycles. The molecule has 130 valence electrons. The quantitative estimate of drug-likeness (QED) is 0.865. The summed E-state index contributed by atoms with van der Waals surface area (Å²) in [5.41, 5.74) is 1.12. The highest BCUT2D eigenvalue weighted by Crippen LogP contribution is 2.34. The Hall–Kier alpha value is -1.84. The number of benzene rings is 1. The number of hydrogen-bond acceptors (Lipinski definition) is 2. The van der Waals surface area contributed by atoms with Gasteiger partial charge in [0.25, 0.3) is 0 Å². The molecule has 2 unspecified atom stereocenters. The van der Waals surface area contributed by atoms with E-state index in [9.17, 15) is 14.7 Å². The summed E-state index contributed by atoms with van der Waals surface area (Å²) in [6.45, 7) is 1.37. The summed E-state index contributed by atoms with van der Waals surface area (Å²) in [5.74, 6) is -1.02. The molecular weight excluding hydrogens is 302 g/mol. The van der Waals surface area contributed by atoms with E-state index in [-0.39, 0.29) is 11.8 Å². The number of nitrogens with zero attached hydrogens (tertiary/aromatic N) is 1. The molecule has 0 aliphatic heterocycles. The molecule has 0 radical (unpaired) electrons. The maximum Gasteiger partial charge on any atom is 0.307 e. The van der Waals surface area contributed by atoms with Crippen molar-refractivity contribution in [1.29, 1.82) is 0 Å². The van der Waals surface area contributed by atoms with Gasteiger partial charge in [-0.1, -0.05) is 49.6 Å². The third-order valence-corrected chi connectivity index (χ3v) is 5.63. The number of amides is 1. The standard InChI is InChI=1S/C20H27NO3/c22-19(17-11-4-5-12-18(17)20(23)24)21(14-16-9-6-10-16)13-15-7-2-1-3-8-15/h1-3,7-8,16-18H,4-6,9-14H2,(H,23,24). The van der Waals surface area contributed by atoms with Gasteiger partial charge >= 0.3 is 5.97 Å². The average molecular weight is 329 g/mol. The average Bonchev–Trinajstić information content (AvgIpc) is 2.57. The molecule has 1 aromatic rings. The van der Waals surface area contributed by atoms with Crippen molar-refractivity contribution in [2.45, 2.75) is 51.5 Å². The Kier molecular flexibility index (Phi) is 5.54. The molecule has 2 atom stereocenters. The molecule has 0 spiro atoms. The fourth-order valence-corrected chi connectivity index (χ4v) is 3.98. The number of aliphatic carboxylic acids is 1. The van der Waals surface area contributed by atoms with Crippen molar-refractivity contribution in [2.24, 2.45) is 17.8 Å². The van der Waals surface area contributed by atoms with Crippen molar-refractivity contribution in [3.8, 4) is 0 Å². The summed E-state index contributed by atoms with van der Waals surface area (Å²) in [4.78, 5) is 26.7. The number of carbonyl (C=O) groups excluding carboxylic acids is 1. The minimum Gasteiger partial charge on any atom is -0.481 e. The maximum absolute atomic E-state index is 13.2. The Morgan fingerprint density at radius 1 is 0.958 bits per heavy atom. The SMILES string of the molecule is O=C(O)C1CCCCC1C(=O)N(Cc1ccccc1)CC1CCC1. The first-order valence-corrected chi connectivity index (χ1v) is 9.20. The van der Waals surface area contributed by atoms with Crippen LogP contribution in [0.5, 0.6) is 0 Å². The fourth-order valence-electron chi connectivity index (χ4n) is 3.98. The van der Waals surface area contributed by atoms with Crippen LogP contribution in [0.25, 0.3) is 0 Å². The van der Waals surface area contributed by atoms with E-state index in [1.165, 1.54) is 19.3 Å². The molecule has 1 amide bonds. The number of carboxylic acids is 1. The summed E-state index contributed by atoms with van der Waals surface area (Å²) in [5, 5.41) is 9.50. The molecule has 1 N–H and O–H groups in total. The van der Waals surface area contributed by atoms with Crippen LogP contribution in [-0.2, 0) is 16.1 Å². The van der Waals surface area contributed by atoms with Crippen LogP contribution in [0.3, 0.4) is 0 Å². The molecule has 0 aromatic heterocycles. The van der Waals surface area contributed by atoms with E-state index >= 15 is 0 Å². The first-order valence-electron chi connectivity index (χ1n) is 9.20. The molecule has 3 rings (SSSR count). The monoisotopic (exact) mass is 329 g/mol. The molecular formula is C20H27NO3. The van der Waals surface area contributed by atoms with Crippen LogP contribution < -0.4 is 0 Å². The van der Waals surface area contributed by atoms with Crippen molar-refractivity contribution in [2.75, 3.05) is 6.54 Å². The highest BCUT2D eigenvalue weighted by molar-refractivity contribution is 5.85. The van der Waals surface area contributed by atoms with E-state index in [4.69, 9.17) is 0 Å². The highest BCUT2D eigenvalue weighted by atomic mass is 16.4. The van der Waals surface area contributed by atoms with E-state index in [0.717, 1.165) is 24.9 Å². The van der Waals surface area contributed by atoms with Crippen LogP contribution in [0.4, 0.5) is 0 Å². The lowest BCUT2D eigenvalue weighted by Crippen LogP contribution is -2.44. The van der Waals surface area contributed by atoms with Crippen molar-refractivity contribution in [3.05, 3.63) is 35.9 Å². The van der Waals surface area contributed by atoms with E-state index in [0.29, 0.717) is 25.3 Å². The van der Waals surface area contributed by atoms with Gasteiger partial charge in [-0.05, 0) is 37.2 Å². The lowest BCUT2D eigenvalue weighted by Gasteiger charge is -2.37. The molecule has 0 heterocycles. The topological polar surface area (TPSA) is 57.6 Å². The van der Waals surface area contributed by atoms with Gasteiger partial charge in [-0.2, -0.15) is 0 Å². The number of carboxylic acid groups (broad SMARTS) is 1. The van der Waals surface area contributed by atoms with Gasteiger partial charge in [0, 0.05) is 13.1 Å². The van der Waals surface area contributed by atoms with E-state index in [2.05, 4.69) is 0 Å². The number of carbonyl (C=O) groups is 2. The number of rotatable bonds is 6. The van der Waals surface area contributed by atoms with Gasteiger partial charge in [-0.25, -0.2) is 0 Å². The first kappa shape index (κ1) is 17.0. The minimum absolute atomic E-state index is 0.0536. The molecule has 4 heteroatoms. The Balaban J connectivity index is 1.74. The fraction of sp³-hybridized carbons (Fsp3) is 0.600. The molecule has 2 saturated carbocycles. The van der Waals surface area contributed by atoms with Gasteiger partial charge in [0.05, 0.1) is 11.8 Å². The third kappa shape index (κ3) is 3.97. The Morgan fingerprint density at radius 3 is 2.21 bits per heavy atom. The van der Waals surface area contributed by atoms with Gasteiger partial charge in [0.1, 0.15) is 0 Å². The smallest absolute Gasteiger partial charge is 0.307 e. The zero-order chi connectivity index (χ0) is 16.9. The van der Waals surface area contributed by atoms with Crippen LogP contribution in [0.1, 0.15) is 50.5 Å². The Labute approximate surface area is 143 Å². The summed E-state index contributed by atoms with van der Waals surface area (Å²) >= 11 is 0. The van der Waals surface area contributed by atoms with Crippen molar-refractivity contribution in [3.63, 3.8) is 0 Å². The predicted molar refractivity (Wildman–Crippen MR) is 92.3 cm³/mol. The van der Waals surface area contributed by atoms with Gasteiger partial charge in [-0.3, -0.25) is 9.59 Å². The van der Waals surface area contributed by atoms with E-state index in [1.807, 2.05) is 35.2 Å². The van der Waals surface area contributed by atoms with Gasteiger partial charge < -0.3 is 10.0 Å². The molecule has 4 nitrogen and oxygen atoms in total. The van der Waals surface area contributed by atoms with Crippen LogP contribution in [-0.4, -0.2) is 28.4 Å². The molecule has 0 saturated heterocycles. The second-order valence-electron chi connectivity index (χ2n) is 7.34. The first-order chi connectivity index (χ1) is 11.6. The summed E-state index contributed by atoms with van der Waals surface area (Å²) < 4.78 is 0. The van der Waals surface area contributed by atoms with Crippen LogP contribution in [0.2, 0.25) is 0 Å². The van der Waals surface area contributed by atoms with Gasteiger partial charge in [0.2, 0.25) is 5.91 Å². The minimum atomic E-state index is -0.809. The Bertz CT molecular complexity index is 568. The van der Waals surface area contributed by atoms with Crippen molar-refractivity contribution in [1.82, 2.24) is 4.90 Å². The van der Waals surface area contributed by atoms with Crippen molar-refractivity contribution < 1.29 is 14.7 Å². The normalized spacial score (nSPS) is 24.2. The zero-order valence-corrected chi connectivity index (χ0v) is 14.2. The zero-order valence-electron chi connectivity index (χ0n) is 14.2. The summed E-state index contributed by atoms with van der Waals surface area (Å²) in [6.07, 6.45) is 6.85. The van der Waals surface area contributed by atoms with Crippen LogP contribution >= 0.6 is 0 Å². The molecule has 0 bridgehead atoms. The lowest BCUT2D eigenvalue weighted by molar-refractivity contribution is -0.153. The molecule has 2 aliphatic rings.